The summed E-state index contributed by atoms with van der Waals surface area (Å²) in [5.41, 5.74) is -3.54. The van der Waals surface area contributed by atoms with Crippen molar-refractivity contribution in [3.05, 3.63) is 51.2 Å². The van der Waals surface area contributed by atoms with Crippen molar-refractivity contribution in [2.24, 2.45) is 4.99 Å². The van der Waals surface area contributed by atoms with Gasteiger partial charge in [-0.1, -0.05) is 13.0 Å². The van der Waals surface area contributed by atoms with Crippen LogP contribution in [0.25, 0.3) is 0 Å². The molecule has 0 aromatic carbocycles. The standard InChI is InChI=1S/C23H30F6N6O2/c1-4-6-19(31-14-16(5-2)22(24,25)26)34-9-11-35(12-10-34)20(36)7-8-30-15(3)18-13-17(23(27,28)29)21(37)33-32-18/h5-6,13-15,30H,4,7-12H2,1-3H3,(H,33,37)/b16-5+,19-6-,31-14-. The zero-order valence-electron chi connectivity index (χ0n) is 20.7. The number of carbonyl (C=O) groups excluding carboxylic acids is 1. The van der Waals surface area contributed by atoms with Crippen LogP contribution < -0.4 is 10.9 Å². The molecule has 2 heterocycles. The third-order valence-electron chi connectivity index (χ3n) is 5.68. The van der Waals surface area contributed by atoms with Crippen molar-refractivity contribution in [2.75, 3.05) is 32.7 Å². The number of piperazine rings is 1. The minimum absolute atomic E-state index is 0.0182. The second-order valence-corrected chi connectivity index (χ2v) is 8.30. The Hall–Kier alpha value is -3.16. The van der Waals surface area contributed by atoms with Gasteiger partial charge in [-0.15, -0.1) is 0 Å². The Morgan fingerprint density at radius 3 is 2.35 bits per heavy atom. The lowest BCUT2D eigenvalue weighted by Crippen LogP contribution is -2.48. The van der Waals surface area contributed by atoms with Crippen LogP contribution in [0.5, 0.6) is 0 Å². The molecule has 1 saturated heterocycles. The maximum atomic E-state index is 13.0. The zero-order valence-corrected chi connectivity index (χ0v) is 20.7. The average molecular weight is 537 g/mol. The van der Waals surface area contributed by atoms with E-state index in [0.29, 0.717) is 44.5 Å². The number of hydrogen-bond donors (Lipinski definition) is 2. The van der Waals surface area contributed by atoms with Gasteiger partial charge in [0, 0.05) is 51.4 Å². The van der Waals surface area contributed by atoms with Crippen LogP contribution in [-0.2, 0) is 11.0 Å². The Morgan fingerprint density at radius 2 is 1.81 bits per heavy atom. The summed E-state index contributed by atoms with van der Waals surface area (Å²) in [6.07, 6.45) is -5.21. The van der Waals surface area contributed by atoms with Crippen LogP contribution in [0.15, 0.2) is 39.4 Å². The topological polar surface area (TPSA) is 93.7 Å². The lowest BCUT2D eigenvalue weighted by Gasteiger charge is -2.36. The monoisotopic (exact) mass is 536 g/mol. The molecule has 0 saturated carbocycles. The smallest absolute Gasteiger partial charge is 0.353 e. The minimum atomic E-state index is -4.81. The number of hydrogen-bond acceptors (Lipinski definition) is 6. The molecular formula is C23H30F6N6O2. The number of carbonyl (C=O) groups is 1. The van der Waals surface area contributed by atoms with E-state index < -0.39 is 35.1 Å². The molecule has 0 spiro atoms. The molecule has 37 heavy (non-hydrogen) atoms. The lowest BCUT2D eigenvalue weighted by atomic mass is 10.1. The van der Waals surface area contributed by atoms with Gasteiger partial charge in [-0.2, -0.15) is 31.4 Å². The zero-order chi connectivity index (χ0) is 27.8. The van der Waals surface area contributed by atoms with Crippen molar-refractivity contribution in [1.82, 2.24) is 25.3 Å². The summed E-state index contributed by atoms with van der Waals surface area (Å²) in [5, 5.41) is 8.40. The van der Waals surface area contributed by atoms with Crippen molar-refractivity contribution in [3.63, 3.8) is 0 Å². The van der Waals surface area contributed by atoms with E-state index in [4.69, 9.17) is 0 Å². The van der Waals surface area contributed by atoms with Gasteiger partial charge in [0.15, 0.2) is 0 Å². The minimum Gasteiger partial charge on any atom is -0.353 e. The van der Waals surface area contributed by atoms with E-state index in [1.807, 2.05) is 16.9 Å². The number of aliphatic imine (C=N–C) groups is 1. The summed E-state index contributed by atoms with van der Waals surface area (Å²) in [7, 11) is 0. The van der Waals surface area contributed by atoms with Crippen LogP contribution in [-0.4, -0.2) is 71.0 Å². The number of alkyl halides is 6. The Morgan fingerprint density at radius 1 is 1.19 bits per heavy atom. The molecule has 1 unspecified atom stereocenters. The van der Waals surface area contributed by atoms with Gasteiger partial charge in [-0.05, 0) is 32.4 Å². The van der Waals surface area contributed by atoms with Crippen molar-refractivity contribution < 1.29 is 31.1 Å². The molecule has 0 radical (unpaired) electrons. The predicted octanol–water partition coefficient (Wildman–Crippen LogP) is 3.80. The Kier molecular flexibility index (Phi) is 10.5. The van der Waals surface area contributed by atoms with Gasteiger partial charge in [0.25, 0.3) is 5.56 Å². The summed E-state index contributed by atoms with van der Waals surface area (Å²) in [6.45, 7) is 6.32. The van der Waals surface area contributed by atoms with Crippen LogP contribution in [0.2, 0.25) is 0 Å². The van der Waals surface area contributed by atoms with Gasteiger partial charge in [0.2, 0.25) is 5.91 Å². The van der Waals surface area contributed by atoms with E-state index in [1.54, 1.807) is 17.9 Å². The molecule has 14 heteroatoms. The summed E-state index contributed by atoms with van der Waals surface area (Å²) < 4.78 is 77.7. The van der Waals surface area contributed by atoms with E-state index in [0.717, 1.165) is 12.3 Å². The van der Waals surface area contributed by atoms with Gasteiger partial charge in [-0.3, -0.25) is 9.59 Å². The summed E-state index contributed by atoms with van der Waals surface area (Å²) >= 11 is 0. The molecule has 1 amide bonds. The van der Waals surface area contributed by atoms with Crippen LogP contribution in [0.1, 0.15) is 50.9 Å². The highest BCUT2D eigenvalue weighted by Gasteiger charge is 2.35. The molecule has 8 nitrogen and oxygen atoms in total. The molecule has 1 aromatic heterocycles. The van der Waals surface area contributed by atoms with Crippen molar-refractivity contribution in [1.29, 1.82) is 0 Å². The van der Waals surface area contributed by atoms with Crippen molar-refractivity contribution >= 4 is 12.1 Å². The Balaban J connectivity index is 1.89. The number of H-pyrrole nitrogens is 1. The fourth-order valence-electron chi connectivity index (χ4n) is 3.59. The van der Waals surface area contributed by atoms with Crippen LogP contribution in [0.3, 0.4) is 0 Å². The van der Waals surface area contributed by atoms with Gasteiger partial charge < -0.3 is 15.1 Å². The first kappa shape index (κ1) is 30.1. The number of amides is 1. The number of aromatic nitrogens is 2. The molecule has 206 valence electrons. The highest BCUT2D eigenvalue weighted by Crippen LogP contribution is 2.27. The first-order valence-electron chi connectivity index (χ1n) is 11.7. The number of halogens is 6. The number of allylic oxidation sites excluding steroid dienone is 3. The fourth-order valence-corrected chi connectivity index (χ4v) is 3.59. The molecule has 2 rings (SSSR count). The number of nitrogens with zero attached hydrogens (tertiary/aromatic N) is 4. The third-order valence-corrected chi connectivity index (χ3v) is 5.68. The second kappa shape index (κ2) is 12.9. The Bertz CT molecular complexity index is 1070. The van der Waals surface area contributed by atoms with Crippen molar-refractivity contribution in [2.45, 2.75) is 52.0 Å². The quantitative estimate of drug-likeness (QED) is 0.370. The number of nitrogens with one attached hydrogen (secondary N) is 2. The molecule has 1 fully saturated rings. The van der Waals surface area contributed by atoms with E-state index in [9.17, 15) is 35.9 Å². The second-order valence-electron chi connectivity index (χ2n) is 8.30. The van der Waals surface area contributed by atoms with Gasteiger partial charge in [-0.25, -0.2) is 10.1 Å². The molecule has 1 aromatic rings. The van der Waals surface area contributed by atoms with E-state index in [1.165, 1.54) is 6.92 Å². The highest BCUT2D eigenvalue weighted by molar-refractivity contribution is 5.81. The summed E-state index contributed by atoms with van der Waals surface area (Å²) in [5.74, 6) is 0.225. The highest BCUT2D eigenvalue weighted by atomic mass is 19.4. The van der Waals surface area contributed by atoms with Gasteiger partial charge in [0.1, 0.15) is 11.4 Å². The molecule has 0 aliphatic carbocycles. The van der Waals surface area contributed by atoms with Gasteiger partial charge in [0.05, 0.1) is 11.3 Å². The molecule has 1 aliphatic heterocycles. The van der Waals surface area contributed by atoms with Crippen molar-refractivity contribution in [3.8, 4) is 0 Å². The first-order valence-corrected chi connectivity index (χ1v) is 11.7. The molecular weight excluding hydrogens is 506 g/mol. The predicted molar refractivity (Wildman–Crippen MR) is 126 cm³/mol. The maximum absolute atomic E-state index is 13.0. The first-order chi connectivity index (χ1) is 17.3. The number of rotatable bonds is 9. The van der Waals surface area contributed by atoms with E-state index in [2.05, 4.69) is 15.4 Å². The van der Waals surface area contributed by atoms with E-state index >= 15 is 0 Å². The summed E-state index contributed by atoms with van der Waals surface area (Å²) in [6, 6.07) is 0.0241. The third kappa shape index (κ3) is 8.72. The van der Waals surface area contributed by atoms with Crippen LogP contribution in [0, 0.1) is 0 Å². The lowest BCUT2D eigenvalue weighted by molar-refractivity contribution is -0.139. The molecule has 0 bridgehead atoms. The van der Waals surface area contributed by atoms with E-state index in [-0.39, 0.29) is 24.6 Å². The van der Waals surface area contributed by atoms with Crippen LogP contribution in [0.4, 0.5) is 26.3 Å². The normalized spacial score (nSPS) is 17.0. The number of aromatic amines is 1. The molecule has 2 N–H and O–H groups in total. The van der Waals surface area contributed by atoms with Gasteiger partial charge >= 0.3 is 12.4 Å². The SMILES string of the molecule is C\C=C(/C=N\C(=C\CC)N1CCN(C(=O)CCNC(C)c2cc(C(F)(F)F)c(=O)[nH]n2)CC1)C(F)(F)F. The Labute approximate surface area is 210 Å². The summed E-state index contributed by atoms with van der Waals surface area (Å²) in [4.78, 5) is 31.4. The molecule has 1 atom stereocenters. The fraction of sp³-hybridized carbons (Fsp3) is 0.565. The molecule has 1 aliphatic rings. The largest absolute Gasteiger partial charge is 0.421 e. The average Bonchev–Trinajstić information content (AvgIpc) is 2.82. The maximum Gasteiger partial charge on any atom is 0.421 e. The van der Waals surface area contributed by atoms with Crippen LogP contribution >= 0.6 is 0 Å².